The van der Waals surface area contributed by atoms with Gasteiger partial charge in [0.2, 0.25) is 5.91 Å². The Morgan fingerprint density at radius 2 is 2.07 bits per heavy atom. The van der Waals surface area contributed by atoms with Gasteiger partial charge in [-0.3, -0.25) is 9.59 Å². The number of nitrogens with zero attached hydrogens (tertiary/aromatic N) is 1. The largest absolute Gasteiger partial charge is 0.491 e. The molecule has 6 nitrogen and oxygen atoms in total. The average Bonchev–Trinajstić information content (AvgIpc) is 2.74. The van der Waals surface area contributed by atoms with Gasteiger partial charge in [-0.25, -0.2) is 0 Å². The summed E-state index contributed by atoms with van der Waals surface area (Å²) in [7, 11) is 1.78. The van der Waals surface area contributed by atoms with E-state index >= 15 is 0 Å². The van der Waals surface area contributed by atoms with Crippen LogP contribution in [0.2, 0.25) is 0 Å². The highest BCUT2D eigenvalue weighted by molar-refractivity contribution is 5.96. The molecule has 3 heterocycles. The van der Waals surface area contributed by atoms with Crippen molar-refractivity contribution in [3.8, 4) is 16.9 Å². The molecule has 1 atom stereocenters. The first-order valence-corrected chi connectivity index (χ1v) is 10.4. The van der Waals surface area contributed by atoms with Crippen molar-refractivity contribution in [2.45, 2.75) is 39.0 Å². The number of hydrogen-bond donors (Lipinski definition) is 1. The van der Waals surface area contributed by atoms with Gasteiger partial charge in [-0.05, 0) is 60.6 Å². The molecule has 1 fully saturated rings. The lowest BCUT2D eigenvalue weighted by atomic mass is 9.96. The van der Waals surface area contributed by atoms with Crippen LogP contribution in [0.1, 0.15) is 37.3 Å². The zero-order valence-electron chi connectivity index (χ0n) is 17.1. The number of rotatable bonds is 5. The first kappa shape index (κ1) is 19.7. The van der Waals surface area contributed by atoms with Gasteiger partial charge >= 0.3 is 0 Å². The zero-order chi connectivity index (χ0) is 20.4. The van der Waals surface area contributed by atoms with E-state index in [1.165, 1.54) is 0 Å². The lowest BCUT2D eigenvalue weighted by Gasteiger charge is -2.25. The fraction of sp³-hybridized carbons (Fsp3) is 0.478. The van der Waals surface area contributed by atoms with Crippen molar-refractivity contribution in [3.63, 3.8) is 0 Å². The number of anilines is 1. The molecule has 0 aliphatic carbocycles. The molecular formula is C23H28N2O4. The highest BCUT2D eigenvalue weighted by atomic mass is 16.5. The van der Waals surface area contributed by atoms with Crippen LogP contribution in [0.5, 0.6) is 5.75 Å². The second-order valence-electron chi connectivity index (χ2n) is 7.97. The van der Waals surface area contributed by atoms with Gasteiger partial charge in [0.05, 0.1) is 18.9 Å². The minimum absolute atomic E-state index is 0.0199. The number of hydrogen-bond acceptors (Lipinski definition) is 4. The molecule has 2 aromatic rings. The first-order valence-electron chi connectivity index (χ1n) is 10.4. The van der Waals surface area contributed by atoms with Crippen molar-refractivity contribution in [3.05, 3.63) is 45.9 Å². The van der Waals surface area contributed by atoms with Gasteiger partial charge in [-0.2, -0.15) is 0 Å². The predicted octanol–water partition coefficient (Wildman–Crippen LogP) is 3.30. The van der Waals surface area contributed by atoms with Crippen molar-refractivity contribution >= 4 is 11.6 Å². The number of carbonyl (C=O) groups is 1. The summed E-state index contributed by atoms with van der Waals surface area (Å²) in [5.74, 6) is 1.08. The molecular weight excluding hydrogens is 368 g/mol. The van der Waals surface area contributed by atoms with Crippen LogP contribution < -0.4 is 15.6 Å². The van der Waals surface area contributed by atoms with E-state index in [0.717, 1.165) is 54.0 Å². The van der Waals surface area contributed by atoms with Gasteiger partial charge in [0.15, 0.2) is 0 Å². The summed E-state index contributed by atoms with van der Waals surface area (Å²) in [6, 6.07) is 6.04. The third-order valence-corrected chi connectivity index (χ3v) is 5.77. The summed E-state index contributed by atoms with van der Waals surface area (Å²) in [5, 5.41) is 2.99. The fourth-order valence-electron chi connectivity index (χ4n) is 4.08. The quantitative estimate of drug-likeness (QED) is 0.842. The van der Waals surface area contributed by atoms with E-state index in [9.17, 15) is 9.59 Å². The molecule has 0 bridgehead atoms. The number of carbonyl (C=O) groups excluding carboxylic acids is 1. The predicted molar refractivity (Wildman–Crippen MR) is 112 cm³/mol. The minimum atomic E-state index is 0.0199. The van der Waals surface area contributed by atoms with E-state index in [4.69, 9.17) is 9.47 Å². The van der Waals surface area contributed by atoms with Crippen LogP contribution in [0.15, 0.2) is 29.2 Å². The molecule has 4 rings (SSSR count). The molecule has 1 saturated heterocycles. The van der Waals surface area contributed by atoms with E-state index < -0.39 is 0 Å². The summed E-state index contributed by atoms with van der Waals surface area (Å²) in [6.45, 7) is 4.10. The molecule has 1 aromatic carbocycles. The Labute approximate surface area is 170 Å². The summed E-state index contributed by atoms with van der Waals surface area (Å²) >= 11 is 0. The van der Waals surface area contributed by atoms with Crippen molar-refractivity contribution in [1.29, 1.82) is 0 Å². The van der Waals surface area contributed by atoms with Crippen molar-refractivity contribution in [2.24, 2.45) is 13.0 Å². The molecule has 0 saturated carbocycles. The summed E-state index contributed by atoms with van der Waals surface area (Å²) in [4.78, 5) is 24.3. The van der Waals surface area contributed by atoms with E-state index in [0.29, 0.717) is 37.5 Å². The molecule has 0 radical (unpaired) electrons. The van der Waals surface area contributed by atoms with E-state index in [2.05, 4.69) is 11.4 Å². The SMILES string of the molecule is CCc1cc(-c2cc3c(c(OCC4CCCOC4)c2)NC(=O)CC3)cn(C)c1=O. The number of ether oxygens (including phenoxy) is 2. The molecule has 1 aromatic heterocycles. The van der Waals surface area contributed by atoms with E-state index in [1.807, 2.05) is 25.3 Å². The second kappa shape index (κ2) is 8.41. The van der Waals surface area contributed by atoms with Crippen molar-refractivity contribution in [1.82, 2.24) is 4.57 Å². The Morgan fingerprint density at radius 1 is 1.21 bits per heavy atom. The molecule has 2 aliphatic heterocycles. The first-order chi connectivity index (χ1) is 14.0. The van der Waals surface area contributed by atoms with Crippen LogP contribution in [0.3, 0.4) is 0 Å². The maximum atomic E-state index is 12.3. The third-order valence-electron chi connectivity index (χ3n) is 5.77. The highest BCUT2D eigenvalue weighted by Gasteiger charge is 2.22. The van der Waals surface area contributed by atoms with Crippen LogP contribution >= 0.6 is 0 Å². The third kappa shape index (κ3) is 4.22. The zero-order valence-corrected chi connectivity index (χ0v) is 17.1. The van der Waals surface area contributed by atoms with Gasteiger partial charge in [-0.15, -0.1) is 0 Å². The average molecular weight is 396 g/mol. The monoisotopic (exact) mass is 396 g/mol. The lowest BCUT2D eigenvalue weighted by Crippen LogP contribution is -2.24. The Hall–Kier alpha value is -2.60. The van der Waals surface area contributed by atoms with Crippen LogP contribution in [0.4, 0.5) is 5.69 Å². The van der Waals surface area contributed by atoms with Gasteiger partial charge in [-0.1, -0.05) is 6.92 Å². The second-order valence-corrected chi connectivity index (χ2v) is 7.97. The van der Waals surface area contributed by atoms with Crippen molar-refractivity contribution in [2.75, 3.05) is 25.1 Å². The van der Waals surface area contributed by atoms with Gasteiger partial charge in [0, 0.05) is 37.8 Å². The van der Waals surface area contributed by atoms with Crippen LogP contribution in [0, 0.1) is 5.92 Å². The molecule has 29 heavy (non-hydrogen) atoms. The van der Waals surface area contributed by atoms with Gasteiger partial charge in [0.1, 0.15) is 5.75 Å². The van der Waals surface area contributed by atoms with Gasteiger partial charge < -0.3 is 19.4 Å². The van der Waals surface area contributed by atoms with E-state index in [-0.39, 0.29) is 11.5 Å². The number of aromatic nitrogens is 1. The summed E-state index contributed by atoms with van der Waals surface area (Å²) in [5.41, 5.74) is 4.66. The molecule has 6 heteroatoms. The Morgan fingerprint density at radius 3 is 2.83 bits per heavy atom. The standard InChI is InChI=1S/C23H28N2O4/c1-3-16-9-19(12-25(2)23(16)27)18-10-17-6-7-21(26)24-22(17)20(11-18)29-14-15-5-4-8-28-13-15/h9-12,15H,3-8,13-14H2,1-2H3,(H,24,26). The number of aryl methyl sites for hydroxylation is 3. The number of nitrogens with one attached hydrogen (secondary N) is 1. The smallest absolute Gasteiger partial charge is 0.253 e. The molecule has 1 unspecified atom stereocenters. The fourth-order valence-corrected chi connectivity index (χ4v) is 4.08. The Kier molecular flexibility index (Phi) is 5.72. The molecule has 2 aliphatic rings. The topological polar surface area (TPSA) is 69.6 Å². The van der Waals surface area contributed by atoms with Gasteiger partial charge in [0.25, 0.3) is 5.56 Å². The van der Waals surface area contributed by atoms with Crippen LogP contribution in [-0.2, 0) is 29.4 Å². The summed E-state index contributed by atoms with van der Waals surface area (Å²) in [6.07, 6.45) is 5.86. The Balaban J connectivity index is 1.71. The molecule has 1 amide bonds. The van der Waals surface area contributed by atoms with Crippen LogP contribution in [-0.4, -0.2) is 30.3 Å². The number of pyridine rings is 1. The minimum Gasteiger partial charge on any atom is -0.491 e. The van der Waals surface area contributed by atoms with Crippen LogP contribution in [0.25, 0.3) is 11.1 Å². The maximum Gasteiger partial charge on any atom is 0.253 e. The Bertz CT molecular complexity index is 974. The maximum absolute atomic E-state index is 12.3. The molecule has 154 valence electrons. The number of fused-ring (bicyclic) bond motifs is 1. The lowest BCUT2D eigenvalue weighted by molar-refractivity contribution is -0.116. The number of amides is 1. The summed E-state index contributed by atoms with van der Waals surface area (Å²) < 4.78 is 13.4. The van der Waals surface area contributed by atoms with E-state index in [1.54, 1.807) is 11.6 Å². The highest BCUT2D eigenvalue weighted by Crippen LogP contribution is 2.38. The molecule has 1 N–H and O–H groups in total. The number of benzene rings is 1. The molecule has 0 spiro atoms. The normalized spacial score (nSPS) is 18.8. The van der Waals surface area contributed by atoms with Crippen molar-refractivity contribution < 1.29 is 14.3 Å².